The molecule has 1 aliphatic carbocycles. The molecule has 0 bridgehead atoms. The van der Waals surface area contributed by atoms with Crippen molar-refractivity contribution in [1.82, 2.24) is 20.4 Å². The van der Waals surface area contributed by atoms with Crippen LogP contribution < -0.4 is 10.6 Å². The van der Waals surface area contributed by atoms with Crippen molar-refractivity contribution in [2.24, 2.45) is 13.0 Å². The molecule has 104 valence electrons. The first-order valence-electron chi connectivity index (χ1n) is 7.21. The molecule has 0 spiro atoms. The van der Waals surface area contributed by atoms with Crippen LogP contribution in [-0.4, -0.2) is 28.3 Å². The van der Waals surface area contributed by atoms with Gasteiger partial charge in [0, 0.05) is 18.3 Å². The molecule has 3 unspecified atom stereocenters. The van der Waals surface area contributed by atoms with Gasteiger partial charge in [-0.3, -0.25) is 9.48 Å². The summed E-state index contributed by atoms with van der Waals surface area (Å²) in [7, 11) is 1.98. The molecule has 3 atom stereocenters. The van der Waals surface area contributed by atoms with Crippen molar-refractivity contribution in [3.8, 4) is 0 Å². The monoisotopic (exact) mass is 262 g/mol. The number of aromatic nitrogens is 2. The summed E-state index contributed by atoms with van der Waals surface area (Å²) in [5.41, 5.74) is 2.47. The van der Waals surface area contributed by atoms with Crippen molar-refractivity contribution >= 4 is 5.91 Å². The molecule has 1 saturated heterocycles. The van der Waals surface area contributed by atoms with Gasteiger partial charge in [-0.15, -0.1) is 0 Å². The average Bonchev–Trinajstić information content (AvgIpc) is 2.97. The van der Waals surface area contributed by atoms with Crippen LogP contribution in [0.1, 0.15) is 43.5 Å². The van der Waals surface area contributed by atoms with E-state index in [1.807, 2.05) is 17.9 Å². The summed E-state index contributed by atoms with van der Waals surface area (Å²) in [4.78, 5) is 12.3. The van der Waals surface area contributed by atoms with Gasteiger partial charge in [-0.25, -0.2) is 0 Å². The molecule has 1 aromatic rings. The van der Waals surface area contributed by atoms with Crippen molar-refractivity contribution in [2.75, 3.05) is 6.54 Å². The predicted octanol–water partition coefficient (Wildman–Crippen LogP) is 0.912. The topological polar surface area (TPSA) is 59.0 Å². The summed E-state index contributed by atoms with van der Waals surface area (Å²) in [6, 6.07) is 0.113. The van der Waals surface area contributed by atoms with Crippen LogP contribution in [0.5, 0.6) is 0 Å². The van der Waals surface area contributed by atoms with Crippen LogP contribution in [-0.2, 0) is 18.3 Å². The molecule has 0 aromatic carbocycles. The third kappa shape index (κ3) is 2.27. The maximum atomic E-state index is 12.3. The van der Waals surface area contributed by atoms with Crippen LogP contribution in [0.3, 0.4) is 0 Å². The number of hydrogen-bond acceptors (Lipinski definition) is 3. The van der Waals surface area contributed by atoms with E-state index in [0.717, 1.165) is 32.2 Å². The maximum Gasteiger partial charge on any atom is 0.237 e. The summed E-state index contributed by atoms with van der Waals surface area (Å²) >= 11 is 0. The van der Waals surface area contributed by atoms with Crippen LogP contribution in [0, 0.1) is 5.92 Å². The first kappa shape index (κ1) is 12.7. The molecule has 2 heterocycles. The van der Waals surface area contributed by atoms with E-state index in [-0.39, 0.29) is 18.0 Å². The van der Waals surface area contributed by atoms with E-state index in [9.17, 15) is 4.79 Å². The largest absolute Gasteiger partial charge is 0.348 e. The molecule has 0 saturated carbocycles. The number of hydrogen-bond donors (Lipinski definition) is 2. The molecule has 0 radical (unpaired) electrons. The van der Waals surface area contributed by atoms with E-state index in [1.165, 1.54) is 11.3 Å². The van der Waals surface area contributed by atoms with Crippen LogP contribution in [0.2, 0.25) is 0 Å². The molecule has 5 nitrogen and oxygen atoms in total. The summed E-state index contributed by atoms with van der Waals surface area (Å²) in [6.07, 6.45) is 6.19. The van der Waals surface area contributed by atoms with Crippen LogP contribution in [0.15, 0.2) is 6.20 Å². The number of amides is 1. The fourth-order valence-electron chi connectivity index (χ4n) is 3.30. The van der Waals surface area contributed by atoms with E-state index >= 15 is 0 Å². The Balaban J connectivity index is 1.72. The van der Waals surface area contributed by atoms with E-state index in [0.29, 0.717) is 5.92 Å². The summed E-state index contributed by atoms with van der Waals surface area (Å²) in [5, 5.41) is 10.8. The van der Waals surface area contributed by atoms with Gasteiger partial charge in [0.1, 0.15) is 0 Å². The van der Waals surface area contributed by atoms with Crippen LogP contribution in [0.4, 0.5) is 0 Å². The fraction of sp³-hybridized carbons (Fsp3) is 0.714. The Morgan fingerprint density at radius 2 is 2.37 bits per heavy atom. The highest BCUT2D eigenvalue weighted by atomic mass is 16.2. The Labute approximate surface area is 113 Å². The third-order valence-electron chi connectivity index (χ3n) is 4.51. The molecule has 1 amide bonds. The zero-order chi connectivity index (χ0) is 13.4. The molecular formula is C14H22N4O. The molecule has 2 aliphatic rings. The number of fused-ring (bicyclic) bond motifs is 1. The summed E-state index contributed by atoms with van der Waals surface area (Å²) < 4.78 is 1.93. The second kappa shape index (κ2) is 4.96. The molecular weight excluding hydrogens is 240 g/mol. The van der Waals surface area contributed by atoms with E-state index in [2.05, 4.69) is 22.7 Å². The van der Waals surface area contributed by atoms with Gasteiger partial charge in [-0.05, 0) is 38.1 Å². The third-order valence-corrected chi connectivity index (χ3v) is 4.51. The Morgan fingerprint density at radius 3 is 3.11 bits per heavy atom. The highest BCUT2D eigenvalue weighted by Crippen LogP contribution is 2.29. The van der Waals surface area contributed by atoms with Gasteiger partial charge in [-0.2, -0.15) is 5.10 Å². The number of rotatable bonds is 2. The van der Waals surface area contributed by atoms with E-state index < -0.39 is 0 Å². The average molecular weight is 262 g/mol. The minimum absolute atomic E-state index is 0.0259. The molecule has 1 aliphatic heterocycles. The van der Waals surface area contributed by atoms with E-state index in [4.69, 9.17) is 0 Å². The minimum Gasteiger partial charge on any atom is -0.348 e. The summed E-state index contributed by atoms with van der Waals surface area (Å²) in [5.74, 6) is 0.573. The molecule has 1 fully saturated rings. The van der Waals surface area contributed by atoms with Gasteiger partial charge in [0.25, 0.3) is 0 Å². The number of aryl methyl sites for hydroxylation is 1. The standard InChI is InChI=1S/C14H22N4O/c1-9-6-7-15-13(9)14(19)17-11-4-3-5-12-10(11)8-16-18(12)2/h8-9,11,13,15H,3-7H2,1-2H3,(H,17,19). The highest BCUT2D eigenvalue weighted by molar-refractivity contribution is 5.82. The number of carbonyl (C=O) groups excluding carboxylic acids is 1. The van der Waals surface area contributed by atoms with Crippen LogP contribution >= 0.6 is 0 Å². The molecule has 1 aromatic heterocycles. The molecule has 3 rings (SSSR count). The Bertz CT molecular complexity index is 482. The Kier molecular flexibility index (Phi) is 3.31. The summed E-state index contributed by atoms with van der Waals surface area (Å²) in [6.45, 7) is 3.09. The van der Waals surface area contributed by atoms with Gasteiger partial charge >= 0.3 is 0 Å². The lowest BCUT2D eigenvalue weighted by Crippen LogP contribution is -2.45. The van der Waals surface area contributed by atoms with Crippen molar-refractivity contribution < 1.29 is 4.79 Å². The number of nitrogens with zero attached hydrogens (tertiary/aromatic N) is 2. The zero-order valence-corrected chi connectivity index (χ0v) is 11.6. The SMILES string of the molecule is CC1CCNC1C(=O)NC1CCCc2c1cnn2C. The predicted molar refractivity (Wildman–Crippen MR) is 72.6 cm³/mol. The van der Waals surface area contributed by atoms with Gasteiger partial charge in [0.15, 0.2) is 0 Å². The fourth-order valence-corrected chi connectivity index (χ4v) is 3.30. The highest BCUT2D eigenvalue weighted by Gasteiger charge is 2.32. The molecule has 19 heavy (non-hydrogen) atoms. The normalized spacial score (nSPS) is 30.1. The quantitative estimate of drug-likeness (QED) is 0.833. The van der Waals surface area contributed by atoms with Crippen molar-refractivity contribution in [3.63, 3.8) is 0 Å². The van der Waals surface area contributed by atoms with Crippen molar-refractivity contribution in [3.05, 3.63) is 17.5 Å². The van der Waals surface area contributed by atoms with Crippen LogP contribution in [0.25, 0.3) is 0 Å². The molecule has 5 heteroatoms. The lowest BCUT2D eigenvalue weighted by molar-refractivity contribution is -0.124. The Hall–Kier alpha value is -1.36. The van der Waals surface area contributed by atoms with Crippen molar-refractivity contribution in [2.45, 2.75) is 44.7 Å². The lowest BCUT2D eigenvalue weighted by atomic mass is 9.92. The zero-order valence-electron chi connectivity index (χ0n) is 11.6. The van der Waals surface area contributed by atoms with Gasteiger partial charge < -0.3 is 10.6 Å². The van der Waals surface area contributed by atoms with Gasteiger partial charge in [0.05, 0.1) is 18.3 Å². The minimum atomic E-state index is -0.0259. The second-order valence-electron chi connectivity index (χ2n) is 5.82. The van der Waals surface area contributed by atoms with Gasteiger partial charge in [-0.1, -0.05) is 6.92 Å². The number of carbonyl (C=O) groups is 1. The Morgan fingerprint density at radius 1 is 1.53 bits per heavy atom. The van der Waals surface area contributed by atoms with E-state index in [1.54, 1.807) is 0 Å². The molecule has 2 N–H and O–H groups in total. The van der Waals surface area contributed by atoms with Crippen molar-refractivity contribution in [1.29, 1.82) is 0 Å². The first-order chi connectivity index (χ1) is 9.16. The second-order valence-corrected chi connectivity index (χ2v) is 5.82. The first-order valence-corrected chi connectivity index (χ1v) is 7.21. The lowest BCUT2D eigenvalue weighted by Gasteiger charge is -2.26. The number of nitrogens with one attached hydrogen (secondary N) is 2. The maximum absolute atomic E-state index is 12.3. The smallest absolute Gasteiger partial charge is 0.237 e. The van der Waals surface area contributed by atoms with Gasteiger partial charge in [0.2, 0.25) is 5.91 Å².